The Bertz CT molecular complexity index is 1330. The molecule has 148 valence electrons. The van der Waals surface area contributed by atoms with Crippen LogP contribution < -0.4 is 5.56 Å². The summed E-state index contributed by atoms with van der Waals surface area (Å²) in [7, 11) is 0. The number of benzene rings is 2. The number of fused-ring (bicyclic) bond motifs is 4. The molecule has 0 amide bonds. The Morgan fingerprint density at radius 3 is 2.66 bits per heavy atom. The van der Waals surface area contributed by atoms with Crippen LogP contribution in [0.2, 0.25) is 0 Å². The number of nitrogens with zero attached hydrogens (tertiary/aromatic N) is 5. The summed E-state index contributed by atoms with van der Waals surface area (Å²) in [6.45, 7) is 5.15. The maximum absolute atomic E-state index is 13.0. The first kappa shape index (κ1) is 18.3. The van der Waals surface area contributed by atoms with Gasteiger partial charge in [-0.2, -0.15) is 0 Å². The van der Waals surface area contributed by atoms with E-state index in [1.54, 1.807) is 4.57 Å². The van der Waals surface area contributed by atoms with E-state index in [4.69, 9.17) is 17.3 Å². The first-order valence-electron chi connectivity index (χ1n) is 10.1. The van der Waals surface area contributed by atoms with Gasteiger partial charge in [0.05, 0.1) is 17.6 Å². The van der Waals surface area contributed by atoms with E-state index in [1.165, 1.54) is 11.1 Å². The van der Waals surface area contributed by atoms with E-state index in [-0.39, 0.29) is 5.56 Å². The molecule has 0 atom stereocenters. The third kappa shape index (κ3) is 3.01. The minimum absolute atomic E-state index is 0.00556. The molecule has 2 aromatic carbocycles. The molecule has 0 N–H and O–H groups in total. The van der Waals surface area contributed by atoms with Gasteiger partial charge in [0.25, 0.3) is 5.56 Å². The number of rotatable bonds is 4. The molecule has 0 unspecified atom stereocenters. The van der Waals surface area contributed by atoms with Crippen LogP contribution in [0.1, 0.15) is 24.5 Å². The smallest absolute Gasteiger partial charge is 0.262 e. The van der Waals surface area contributed by atoms with Crippen molar-refractivity contribution in [3.8, 4) is 0 Å². The summed E-state index contributed by atoms with van der Waals surface area (Å²) < 4.78 is 6.18. The van der Waals surface area contributed by atoms with Crippen LogP contribution in [0.25, 0.3) is 16.7 Å². The number of para-hydroxylation sites is 1. The molecular formula is C22H23N5OS. The van der Waals surface area contributed by atoms with Gasteiger partial charge in [-0.15, -0.1) is 5.10 Å². The van der Waals surface area contributed by atoms with Crippen LogP contribution in [0.4, 0.5) is 0 Å². The Morgan fingerprint density at radius 1 is 1.07 bits per heavy atom. The molecular weight excluding hydrogens is 382 g/mol. The van der Waals surface area contributed by atoms with Crippen molar-refractivity contribution in [3.05, 3.63) is 74.8 Å². The van der Waals surface area contributed by atoms with E-state index in [1.807, 2.05) is 33.3 Å². The van der Waals surface area contributed by atoms with Crippen molar-refractivity contribution in [3.63, 3.8) is 0 Å². The molecule has 0 fully saturated rings. The third-order valence-electron chi connectivity index (χ3n) is 5.68. The molecule has 0 aliphatic carbocycles. The summed E-state index contributed by atoms with van der Waals surface area (Å²) in [4.78, 5) is 15.4. The average molecular weight is 406 g/mol. The van der Waals surface area contributed by atoms with E-state index >= 15 is 0 Å². The summed E-state index contributed by atoms with van der Waals surface area (Å²) >= 11 is 5.81. The number of hydrogen-bond acceptors (Lipinski definition) is 4. The Hall–Kier alpha value is -2.77. The zero-order chi connectivity index (χ0) is 20.0. The highest BCUT2D eigenvalue weighted by Gasteiger charge is 2.19. The second kappa shape index (κ2) is 7.24. The van der Waals surface area contributed by atoms with E-state index in [0.29, 0.717) is 29.1 Å². The normalized spacial score (nSPS) is 14.5. The van der Waals surface area contributed by atoms with Crippen LogP contribution in [0.3, 0.4) is 0 Å². The Kier molecular flexibility index (Phi) is 4.56. The molecule has 5 rings (SSSR count). The molecule has 0 radical (unpaired) electrons. The highest BCUT2D eigenvalue weighted by atomic mass is 32.1. The fraction of sp³-hybridized carbons (Fsp3) is 0.318. The van der Waals surface area contributed by atoms with E-state index in [9.17, 15) is 4.79 Å². The monoisotopic (exact) mass is 405 g/mol. The van der Waals surface area contributed by atoms with Gasteiger partial charge >= 0.3 is 0 Å². The lowest BCUT2D eigenvalue weighted by Gasteiger charge is -2.28. The minimum atomic E-state index is -0.00556. The highest BCUT2D eigenvalue weighted by Crippen LogP contribution is 2.20. The van der Waals surface area contributed by atoms with Gasteiger partial charge in [0, 0.05) is 19.6 Å². The fourth-order valence-electron chi connectivity index (χ4n) is 4.25. The maximum Gasteiger partial charge on any atom is 0.262 e. The lowest BCUT2D eigenvalue weighted by atomic mass is 10.0. The first-order valence-corrected chi connectivity index (χ1v) is 10.5. The molecule has 0 bridgehead atoms. The predicted octanol–water partition coefficient (Wildman–Crippen LogP) is 3.61. The Morgan fingerprint density at radius 2 is 1.83 bits per heavy atom. The van der Waals surface area contributed by atoms with Gasteiger partial charge in [0.2, 0.25) is 10.5 Å². The van der Waals surface area contributed by atoms with Crippen LogP contribution in [0.15, 0.2) is 53.3 Å². The van der Waals surface area contributed by atoms with Crippen molar-refractivity contribution >= 4 is 28.9 Å². The molecule has 6 nitrogen and oxygen atoms in total. The highest BCUT2D eigenvalue weighted by molar-refractivity contribution is 7.71. The van der Waals surface area contributed by atoms with Crippen LogP contribution in [-0.4, -0.2) is 30.2 Å². The van der Waals surface area contributed by atoms with Gasteiger partial charge in [0.1, 0.15) is 0 Å². The lowest BCUT2D eigenvalue weighted by Crippen LogP contribution is -2.32. The summed E-state index contributed by atoms with van der Waals surface area (Å²) in [6.07, 6.45) is 1.89. The first-order chi connectivity index (χ1) is 14.2. The van der Waals surface area contributed by atoms with E-state index < -0.39 is 0 Å². The molecule has 0 saturated carbocycles. The summed E-state index contributed by atoms with van der Waals surface area (Å²) in [5.41, 5.74) is 3.60. The largest absolute Gasteiger partial charge is 0.280 e. The van der Waals surface area contributed by atoms with Crippen molar-refractivity contribution in [2.45, 2.75) is 39.5 Å². The predicted molar refractivity (Wildman–Crippen MR) is 117 cm³/mol. The number of aromatic nitrogens is 4. The molecule has 4 aromatic rings. The molecule has 1 aliphatic heterocycles. The van der Waals surface area contributed by atoms with Gasteiger partial charge in [0.15, 0.2) is 0 Å². The molecule has 2 aromatic heterocycles. The minimum Gasteiger partial charge on any atom is -0.280 e. The van der Waals surface area contributed by atoms with Crippen molar-refractivity contribution in [1.29, 1.82) is 0 Å². The van der Waals surface area contributed by atoms with Crippen LogP contribution in [0.5, 0.6) is 0 Å². The van der Waals surface area contributed by atoms with Crippen molar-refractivity contribution in [1.82, 2.24) is 23.6 Å². The van der Waals surface area contributed by atoms with Gasteiger partial charge < -0.3 is 0 Å². The van der Waals surface area contributed by atoms with Crippen LogP contribution >= 0.6 is 12.2 Å². The van der Waals surface area contributed by atoms with Gasteiger partial charge in [-0.25, -0.2) is 4.68 Å². The Labute approximate surface area is 173 Å². The number of hydrogen-bond donors (Lipinski definition) is 0. The van der Waals surface area contributed by atoms with E-state index in [2.05, 4.69) is 36.1 Å². The maximum atomic E-state index is 13.0. The molecule has 7 heteroatoms. The molecule has 1 aliphatic rings. The Balaban J connectivity index is 1.62. The molecule has 3 heterocycles. The summed E-state index contributed by atoms with van der Waals surface area (Å²) in [5.74, 6) is 0.623. The summed E-state index contributed by atoms with van der Waals surface area (Å²) in [6, 6.07) is 16.2. The van der Waals surface area contributed by atoms with Gasteiger partial charge in [-0.1, -0.05) is 43.3 Å². The summed E-state index contributed by atoms with van der Waals surface area (Å²) in [5, 5.41) is 5.47. The third-order valence-corrected chi connectivity index (χ3v) is 6.07. The van der Waals surface area contributed by atoms with Crippen molar-refractivity contribution in [2.24, 2.45) is 0 Å². The van der Waals surface area contributed by atoms with Crippen LogP contribution in [0, 0.1) is 4.77 Å². The topological polar surface area (TPSA) is 47.5 Å². The quantitative estimate of drug-likeness (QED) is 0.487. The second-order valence-corrected chi connectivity index (χ2v) is 7.97. The zero-order valence-electron chi connectivity index (χ0n) is 16.4. The standard InChI is InChI=1S/C22H23N5OS/c1-2-12-25-20(28)18-9-5-6-10-19(18)27-21(25)23-26(22(27)29)15-24-13-11-16-7-3-4-8-17(16)14-24/h3-10H,2,11-15H2,1H3. The van der Waals surface area contributed by atoms with Crippen LogP contribution in [-0.2, 0) is 26.2 Å². The molecule has 0 spiro atoms. The fourth-order valence-corrected chi connectivity index (χ4v) is 4.53. The lowest BCUT2D eigenvalue weighted by molar-refractivity contribution is 0.188. The average Bonchev–Trinajstić information content (AvgIpc) is 3.07. The molecule has 0 saturated heterocycles. The van der Waals surface area contributed by atoms with Gasteiger partial charge in [-0.05, 0) is 48.3 Å². The van der Waals surface area contributed by atoms with E-state index in [0.717, 1.165) is 31.4 Å². The number of aryl methyl sites for hydroxylation is 1. The van der Waals surface area contributed by atoms with Crippen molar-refractivity contribution < 1.29 is 0 Å². The second-order valence-electron chi connectivity index (χ2n) is 7.60. The molecule has 29 heavy (non-hydrogen) atoms. The van der Waals surface area contributed by atoms with Crippen molar-refractivity contribution in [2.75, 3.05) is 6.54 Å². The zero-order valence-corrected chi connectivity index (χ0v) is 17.2. The SMILES string of the molecule is CCCn1c(=O)c2ccccc2n2c(=S)n(CN3CCc4ccccc4C3)nc12. The van der Waals surface area contributed by atoms with Gasteiger partial charge in [-0.3, -0.25) is 18.7 Å².